The van der Waals surface area contributed by atoms with Crippen molar-refractivity contribution < 1.29 is 9.53 Å². The molecule has 24 heavy (non-hydrogen) atoms. The van der Waals surface area contributed by atoms with E-state index in [4.69, 9.17) is 4.74 Å². The lowest BCUT2D eigenvalue weighted by Crippen LogP contribution is -2.14. The Balaban J connectivity index is 1.55. The molecule has 1 fully saturated rings. The van der Waals surface area contributed by atoms with Gasteiger partial charge >= 0.3 is 0 Å². The Kier molecular flexibility index (Phi) is 5.19. The minimum Gasteiger partial charge on any atom is -0.490 e. The number of nitrogens with one attached hydrogen (secondary N) is 1. The summed E-state index contributed by atoms with van der Waals surface area (Å²) in [6, 6.07) is 14.0. The highest BCUT2D eigenvalue weighted by Gasteiger charge is 2.16. The average Bonchev–Trinajstić information content (AvgIpc) is 3.01. The van der Waals surface area contributed by atoms with Gasteiger partial charge in [0.15, 0.2) is 0 Å². The molecule has 0 unspecified atom stereocenters. The van der Waals surface area contributed by atoms with E-state index in [1.165, 1.54) is 12.8 Å². The molecule has 0 saturated heterocycles. The minimum absolute atomic E-state index is 0.00413. The third kappa shape index (κ3) is 4.60. The number of hydrogen-bond donors (Lipinski definition) is 1. The van der Waals surface area contributed by atoms with Gasteiger partial charge in [0.1, 0.15) is 5.75 Å². The highest BCUT2D eigenvalue weighted by atomic mass is 16.5. The summed E-state index contributed by atoms with van der Waals surface area (Å²) in [7, 11) is 0. The van der Waals surface area contributed by atoms with Gasteiger partial charge in [-0.15, -0.1) is 0 Å². The maximum atomic E-state index is 12.2. The lowest BCUT2D eigenvalue weighted by atomic mass is 10.1. The third-order valence-corrected chi connectivity index (χ3v) is 4.40. The molecule has 0 aliphatic heterocycles. The van der Waals surface area contributed by atoms with Crippen molar-refractivity contribution in [2.24, 2.45) is 0 Å². The van der Waals surface area contributed by atoms with Gasteiger partial charge in [0, 0.05) is 5.69 Å². The molecule has 3 heteroatoms. The summed E-state index contributed by atoms with van der Waals surface area (Å²) in [6.07, 6.45) is 5.57. The predicted molar refractivity (Wildman–Crippen MR) is 97.6 cm³/mol. The van der Waals surface area contributed by atoms with Crippen LogP contribution in [0.3, 0.4) is 0 Å². The van der Waals surface area contributed by atoms with Crippen LogP contribution in [-0.2, 0) is 11.2 Å². The largest absolute Gasteiger partial charge is 0.490 e. The van der Waals surface area contributed by atoms with Crippen molar-refractivity contribution in [1.82, 2.24) is 0 Å². The molecule has 1 saturated carbocycles. The smallest absolute Gasteiger partial charge is 0.228 e. The van der Waals surface area contributed by atoms with E-state index in [2.05, 4.69) is 11.4 Å². The summed E-state index contributed by atoms with van der Waals surface area (Å²) in [6.45, 7) is 4.07. The van der Waals surface area contributed by atoms with Crippen molar-refractivity contribution in [3.8, 4) is 5.75 Å². The number of amides is 1. The van der Waals surface area contributed by atoms with Crippen molar-refractivity contribution >= 4 is 11.6 Å². The molecule has 0 atom stereocenters. The van der Waals surface area contributed by atoms with Crippen LogP contribution in [0.4, 0.5) is 5.69 Å². The fraction of sp³-hybridized carbons (Fsp3) is 0.381. The number of carbonyl (C=O) groups is 1. The van der Waals surface area contributed by atoms with E-state index in [-0.39, 0.29) is 5.91 Å². The predicted octanol–water partition coefficient (Wildman–Crippen LogP) is 4.81. The van der Waals surface area contributed by atoms with E-state index in [1.807, 2.05) is 50.2 Å². The van der Waals surface area contributed by atoms with Gasteiger partial charge in [-0.2, -0.15) is 0 Å². The first-order valence-corrected chi connectivity index (χ1v) is 8.72. The first kappa shape index (κ1) is 16.6. The van der Waals surface area contributed by atoms with Crippen LogP contribution in [-0.4, -0.2) is 12.0 Å². The molecule has 0 radical (unpaired) electrons. The summed E-state index contributed by atoms with van der Waals surface area (Å²) in [5, 5.41) is 2.98. The first-order chi connectivity index (χ1) is 11.6. The molecule has 126 valence electrons. The van der Waals surface area contributed by atoms with E-state index in [0.717, 1.165) is 41.0 Å². The summed E-state index contributed by atoms with van der Waals surface area (Å²) in [5.74, 6) is 0.907. The number of ether oxygens (including phenoxy) is 1. The van der Waals surface area contributed by atoms with E-state index < -0.39 is 0 Å². The molecule has 2 aromatic carbocycles. The van der Waals surface area contributed by atoms with Crippen molar-refractivity contribution in [2.45, 2.75) is 52.1 Å². The van der Waals surface area contributed by atoms with Crippen molar-refractivity contribution in [1.29, 1.82) is 0 Å². The van der Waals surface area contributed by atoms with Crippen LogP contribution >= 0.6 is 0 Å². The lowest BCUT2D eigenvalue weighted by Gasteiger charge is -2.13. The first-order valence-electron chi connectivity index (χ1n) is 8.72. The Morgan fingerprint density at radius 3 is 2.29 bits per heavy atom. The number of hydrogen-bond acceptors (Lipinski definition) is 2. The number of benzene rings is 2. The van der Waals surface area contributed by atoms with E-state index in [9.17, 15) is 4.79 Å². The Morgan fingerprint density at radius 2 is 1.67 bits per heavy atom. The van der Waals surface area contributed by atoms with Gasteiger partial charge in [-0.1, -0.05) is 18.2 Å². The molecule has 0 spiro atoms. The van der Waals surface area contributed by atoms with Gasteiger partial charge in [-0.05, 0) is 80.5 Å². The van der Waals surface area contributed by atoms with Crippen LogP contribution in [0.25, 0.3) is 0 Å². The molecule has 1 amide bonds. The molecule has 2 aromatic rings. The Labute approximate surface area is 144 Å². The fourth-order valence-corrected chi connectivity index (χ4v) is 3.32. The van der Waals surface area contributed by atoms with Crippen LogP contribution in [0.1, 0.15) is 42.4 Å². The molecule has 3 rings (SSSR count). The van der Waals surface area contributed by atoms with Gasteiger partial charge in [0.05, 0.1) is 12.5 Å². The van der Waals surface area contributed by atoms with Crippen LogP contribution in [0.15, 0.2) is 42.5 Å². The third-order valence-electron chi connectivity index (χ3n) is 4.40. The Hall–Kier alpha value is -2.29. The van der Waals surface area contributed by atoms with Gasteiger partial charge in [0.2, 0.25) is 5.91 Å². The van der Waals surface area contributed by atoms with Gasteiger partial charge in [0.25, 0.3) is 0 Å². The molecule has 3 nitrogen and oxygen atoms in total. The van der Waals surface area contributed by atoms with Crippen LogP contribution < -0.4 is 10.1 Å². The van der Waals surface area contributed by atoms with Gasteiger partial charge in [-0.25, -0.2) is 0 Å². The quantitative estimate of drug-likeness (QED) is 0.858. The second-order valence-electron chi connectivity index (χ2n) is 6.77. The van der Waals surface area contributed by atoms with Crippen molar-refractivity contribution in [3.05, 3.63) is 59.2 Å². The maximum absolute atomic E-state index is 12.2. The molecule has 0 bridgehead atoms. The number of aryl methyl sites for hydroxylation is 2. The molecule has 1 aliphatic rings. The molecular weight excluding hydrogens is 298 g/mol. The topological polar surface area (TPSA) is 38.3 Å². The molecule has 0 heterocycles. The Bertz CT molecular complexity index is 680. The van der Waals surface area contributed by atoms with Crippen LogP contribution in [0, 0.1) is 13.8 Å². The standard InChI is InChI=1S/C21H25NO2/c1-15-11-16(2)13-18(12-15)22-21(23)14-17-7-9-20(10-8-17)24-19-5-3-4-6-19/h7-13,19H,3-6,14H2,1-2H3,(H,22,23). The fourth-order valence-electron chi connectivity index (χ4n) is 3.32. The summed E-state index contributed by atoms with van der Waals surface area (Å²) >= 11 is 0. The summed E-state index contributed by atoms with van der Waals surface area (Å²) in [5.41, 5.74) is 4.16. The van der Waals surface area contributed by atoms with Crippen LogP contribution in [0.5, 0.6) is 5.75 Å². The number of rotatable bonds is 5. The zero-order valence-corrected chi connectivity index (χ0v) is 14.5. The Morgan fingerprint density at radius 1 is 1.04 bits per heavy atom. The monoisotopic (exact) mass is 323 g/mol. The summed E-state index contributed by atoms with van der Waals surface area (Å²) < 4.78 is 5.96. The SMILES string of the molecule is Cc1cc(C)cc(NC(=O)Cc2ccc(OC3CCCC3)cc2)c1. The number of carbonyl (C=O) groups excluding carboxylic acids is 1. The molecule has 1 N–H and O–H groups in total. The molecular formula is C21H25NO2. The normalized spacial score (nSPS) is 14.6. The van der Waals surface area contributed by atoms with E-state index in [1.54, 1.807) is 0 Å². The minimum atomic E-state index is 0.00413. The second-order valence-corrected chi connectivity index (χ2v) is 6.77. The lowest BCUT2D eigenvalue weighted by molar-refractivity contribution is -0.115. The van der Waals surface area contributed by atoms with E-state index >= 15 is 0 Å². The molecule has 1 aliphatic carbocycles. The zero-order valence-electron chi connectivity index (χ0n) is 14.5. The highest BCUT2D eigenvalue weighted by Crippen LogP contribution is 2.24. The number of anilines is 1. The van der Waals surface area contributed by atoms with E-state index in [0.29, 0.717) is 12.5 Å². The second kappa shape index (κ2) is 7.52. The van der Waals surface area contributed by atoms with Crippen molar-refractivity contribution in [3.63, 3.8) is 0 Å². The van der Waals surface area contributed by atoms with Crippen molar-refractivity contribution in [2.75, 3.05) is 5.32 Å². The highest BCUT2D eigenvalue weighted by molar-refractivity contribution is 5.92. The maximum Gasteiger partial charge on any atom is 0.228 e. The van der Waals surface area contributed by atoms with Crippen LogP contribution in [0.2, 0.25) is 0 Å². The van der Waals surface area contributed by atoms with Gasteiger partial charge in [-0.3, -0.25) is 4.79 Å². The average molecular weight is 323 g/mol. The summed E-state index contributed by atoms with van der Waals surface area (Å²) in [4.78, 5) is 12.2. The molecule has 0 aromatic heterocycles. The van der Waals surface area contributed by atoms with Gasteiger partial charge < -0.3 is 10.1 Å². The zero-order chi connectivity index (χ0) is 16.9.